The summed E-state index contributed by atoms with van der Waals surface area (Å²) in [5.41, 5.74) is 17.9. The van der Waals surface area contributed by atoms with Gasteiger partial charge in [0, 0.05) is 0 Å². The second-order valence-electron chi connectivity index (χ2n) is 1.34. The summed E-state index contributed by atoms with van der Waals surface area (Å²) in [5, 5.41) is 12.1. The molecule has 0 aromatic carbocycles. The van der Waals surface area contributed by atoms with Gasteiger partial charge in [-0.1, -0.05) is 0 Å². The molecule has 0 aromatic heterocycles. The van der Waals surface area contributed by atoms with Crippen molar-refractivity contribution in [1.82, 2.24) is 0 Å². The third kappa shape index (κ3) is 135. The first-order valence-electron chi connectivity index (χ1n) is 2.52. The van der Waals surface area contributed by atoms with Crippen LogP contribution in [0.4, 0.5) is 0 Å². The molecular weight excluding hydrogens is 236 g/mol. The Balaban J connectivity index is -0.000000135. The van der Waals surface area contributed by atoms with Gasteiger partial charge in [-0.25, -0.2) is 8.42 Å². The molecule has 0 aliphatic rings. The summed E-state index contributed by atoms with van der Waals surface area (Å²) in [7, 11) is -5.18. The molecule has 2 unspecified atom stereocenters. The van der Waals surface area contributed by atoms with Gasteiger partial charge >= 0.3 is 0 Å². The minimum atomic E-state index is -2.59. The zero-order chi connectivity index (χ0) is 12.3. The van der Waals surface area contributed by atoms with Crippen LogP contribution in [0.1, 0.15) is 0 Å². The normalized spacial score (nSPS) is 11.9. The van der Waals surface area contributed by atoms with Crippen LogP contribution in [0.5, 0.6) is 0 Å². The van der Waals surface area contributed by atoms with Crippen LogP contribution in [-0.2, 0) is 20.2 Å². The highest BCUT2D eigenvalue weighted by Crippen LogP contribution is 1.74. The van der Waals surface area contributed by atoms with E-state index in [1.165, 1.54) is 0 Å². The summed E-state index contributed by atoms with van der Waals surface area (Å²) in [6.07, 6.45) is 0. The molecule has 2 atom stereocenters. The molecule has 0 aliphatic heterocycles. The Kier molecular flexibility index (Phi) is 15.6. The van der Waals surface area contributed by atoms with Crippen molar-refractivity contribution in [1.29, 1.82) is 10.8 Å². The van der Waals surface area contributed by atoms with Gasteiger partial charge in [0.15, 0.2) is 11.9 Å². The molecule has 0 spiro atoms. The second kappa shape index (κ2) is 11.8. The standard InChI is InChI=1S/2CH5N3.H2O4S2/c2*2-1(3)4;1-5(2)6(3)4/h2*(H5,2,3,4);(H,1,2)(H,3,4). The molecule has 10 nitrogen and oxygen atoms in total. The summed E-state index contributed by atoms with van der Waals surface area (Å²) >= 11 is 0. The number of rotatable bonds is 1. The smallest absolute Gasteiger partial charge is 0.274 e. The first-order valence-corrected chi connectivity index (χ1v) is 5.25. The van der Waals surface area contributed by atoms with E-state index in [4.69, 9.17) is 19.9 Å². The molecule has 0 aliphatic carbocycles. The summed E-state index contributed by atoms with van der Waals surface area (Å²) < 4.78 is 33.6. The molecule has 0 heterocycles. The molecule has 0 aromatic rings. The van der Waals surface area contributed by atoms with Gasteiger partial charge in [-0.15, -0.1) is 0 Å². The van der Waals surface area contributed by atoms with Crippen LogP contribution in [0, 0.1) is 10.8 Å². The quantitative estimate of drug-likeness (QED) is 0.103. The Bertz CT molecular complexity index is 198. The molecule has 0 saturated heterocycles. The third-order valence-electron chi connectivity index (χ3n) is 0.122. The topological polar surface area (TPSA) is 226 Å². The van der Waals surface area contributed by atoms with E-state index in [2.05, 4.69) is 22.9 Å². The molecule has 0 fully saturated rings. The van der Waals surface area contributed by atoms with E-state index in [-0.39, 0.29) is 11.9 Å². The van der Waals surface area contributed by atoms with E-state index in [0.717, 1.165) is 0 Å². The molecule has 0 amide bonds. The molecule has 0 bridgehead atoms. The fraction of sp³-hybridized carbons (Fsp3) is 0. The molecule has 0 rings (SSSR count). The average molecular weight is 248 g/mol. The Morgan fingerprint density at radius 3 is 0.929 bits per heavy atom. The lowest BCUT2D eigenvalue weighted by Gasteiger charge is -1.74. The van der Waals surface area contributed by atoms with Crippen molar-refractivity contribution in [3.05, 3.63) is 0 Å². The van der Waals surface area contributed by atoms with Crippen LogP contribution in [0.2, 0.25) is 0 Å². The van der Waals surface area contributed by atoms with Crippen molar-refractivity contribution in [2.45, 2.75) is 0 Å². The van der Waals surface area contributed by atoms with Gasteiger partial charge in [0.25, 0.3) is 20.2 Å². The van der Waals surface area contributed by atoms with E-state index in [9.17, 15) is 8.42 Å². The SMILES string of the molecule is N=C(N)N.N=C(N)N.O=S(O)S(=O)O. The Hall–Kier alpha value is -1.24. The largest absolute Gasteiger partial charge is 0.370 e. The zero-order valence-electron chi connectivity index (χ0n) is 6.84. The summed E-state index contributed by atoms with van der Waals surface area (Å²) in [5.74, 6) is -0.667. The first-order chi connectivity index (χ1) is 6.11. The van der Waals surface area contributed by atoms with Crippen molar-refractivity contribution >= 4 is 32.1 Å². The summed E-state index contributed by atoms with van der Waals surface area (Å²) in [4.78, 5) is 0. The maximum atomic E-state index is 9.26. The fourth-order valence-corrected chi connectivity index (χ4v) is 0. The Morgan fingerprint density at radius 2 is 0.929 bits per heavy atom. The molecule has 12 N–H and O–H groups in total. The van der Waals surface area contributed by atoms with E-state index < -0.39 is 20.2 Å². The van der Waals surface area contributed by atoms with E-state index in [0.29, 0.717) is 0 Å². The molecule has 0 radical (unpaired) electrons. The molecular formula is C2H12N6O4S2. The maximum Gasteiger partial charge on any atom is 0.274 e. The number of hydrogen-bond donors (Lipinski definition) is 8. The Morgan fingerprint density at radius 1 is 0.857 bits per heavy atom. The highest BCUT2D eigenvalue weighted by molar-refractivity contribution is 8.56. The van der Waals surface area contributed by atoms with Crippen molar-refractivity contribution in [2.24, 2.45) is 22.9 Å². The van der Waals surface area contributed by atoms with Crippen LogP contribution in [-0.4, -0.2) is 29.4 Å². The third-order valence-corrected chi connectivity index (χ3v) is 1.10. The lowest BCUT2D eigenvalue weighted by atomic mass is 11.1. The van der Waals surface area contributed by atoms with Gasteiger partial charge in [-0.3, -0.25) is 19.9 Å². The predicted octanol–water partition coefficient (Wildman–Crippen LogP) is -2.98. The molecule has 86 valence electrons. The van der Waals surface area contributed by atoms with Crippen molar-refractivity contribution in [2.75, 3.05) is 0 Å². The second-order valence-corrected chi connectivity index (χ2v) is 3.92. The number of guanidine groups is 2. The van der Waals surface area contributed by atoms with Crippen molar-refractivity contribution < 1.29 is 17.5 Å². The molecule has 0 saturated carbocycles. The van der Waals surface area contributed by atoms with Gasteiger partial charge in [0.2, 0.25) is 0 Å². The minimum absolute atomic E-state index is 0.333. The lowest BCUT2D eigenvalue weighted by molar-refractivity contribution is 0.548. The number of hydrogen-bond acceptors (Lipinski definition) is 4. The fourth-order valence-electron chi connectivity index (χ4n) is 0. The summed E-state index contributed by atoms with van der Waals surface area (Å²) in [6.45, 7) is 0. The monoisotopic (exact) mass is 248 g/mol. The highest BCUT2D eigenvalue weighted by atomic mass is 33.2. The van der Waals surface area contributed by atoms with Gasteiger partial charge < -0.3 is 22.9 Å². The first kappa shape index (κ1) is 18.5. The van der Waals surface area contributed by atoms with E-state index >= 15 is 0 Å². The van der Waals surface area contributed by atoms with Crippen LogP contribution in [0.25, 0.3) is 0 Å². The predicted molar refractivity (Wildman–Crippen MR) is 53.7 cm³/mol. The van der Waals surface area contributed by atoms with Crippen LogP contribution >= 0.6 is 0 Å². The van der Waals surface area contributed by atoms with Gasteiger partial charge in [-0.05, 0) is 0 Å². The van der Waals surface area contributed by atoms with Crippen molar-refractivity contribution in [3.8, 4) is 0 Å². The number of nitrogens with one attached hydrogen (secondary N) is 2. The van der Waals surface area contributed by atoms with Gasteiger partial charge in [0.1, 0.15) is 0 Å². The lowest BCUT2D eigenvalue weighted by Crippen LogP contribution is -2.20. The van der Waals surface area contributed by atoms with E-state index in [1.54, 1.807) is 0 Å². The van der Waals surface area contributed by atoms with Crippen molar-refractivity contribution in [3.63, 3.8) is 0 Å². The minimum Gasteiger partial charge on any atom is -0.370 e. The van der Waals surface area contributed by atoms with Crippen LogP contribution < -0.4 is 22.9 Å². The average Bonchev–Trinajstić information content (AvgIpc) is 1.83. The van der Waals surface area contributed by atoms with Gasteiger partial charge in [-0.2, -0.15) is 0 Å². The van der Waals surface area contributed by atoms with Crippen LogP contribution in [0.3, 0.4) is 0 Å². The van der Waals surface area contributed by atoms with E-state index in [1.807, 2.05) is 0 Å². The zero-order valence-corrected chi connectivity index (χ0v) is 8.47. The van der Waals surface area contributed by atoms with Crippen LogP contribution in [0.15, 0.2) is 0 Å². The molecule has 14 heavy (non-hydrogen) atoms. The number of nitrogens with two attached hydrogens (primary N) is 4. The highest BCUT2D eigenvalue weighted by Gasteiger charge is 1.95. The Labute approximate surface area is 84.0 Å². The maximum absolute atomic E-state index is 9.26. The summed E-state index contributed by atoms with van der Waals surface area (Å²) in [6, 6.07) is 0. The molecule has 12 heteroatoms. The van der Waals surface area contributed by atoms with Gasteiger partial charge in [0.05, 0.1) is 0 Å².